The molecule has 0 spiro atoms. The van der Waals surface area contributed by atoms with Crippen LogP contribution in [0.25, 0.3) is 0 Å². The first-order valence-electron chi connectivity index (χ1n) is 14.6. The van der Waals surface area contributed by atoms with Crippen molar-refractivity contribution in [1.29, 1.82) is 0 Å². The van der Waals surface area contributed by atoms with Crippen molar-refractivity contribution in [1.82, 2.24) is 4.90 Å². The van der Waals surface area contributed by atoms with E-state index in [2.05, 4.69) is 60.3 Å². The van der Waals surface area contributed by atoms with E-state index in [1.54, 1.807) is 72.8 Å². The number of rotatable bonds is 8. The van der Waals surface area contributed by atoms with Crippen molar-refractivity contribution in [3.05, 3.63) is 143 Å². The predicted octanol–water partition coefficient (Wildman–Crippen LogP) is 8.87. The summed E-state index contributed by atoms with van der Waals surface area (Å²) in [7, 11) is 4.23. The summed E-state index contributed by atoms with van der Waals surface area (Å²) in [4.78, 5) is 18.8. The Bertz CT molecular complexity index is 1710. The largest absolute Gasteiger partial charge is 0.508 e. The van der Waals surface area contributed by atoms with Gasteiger partial charge in [0.05, 0.1) is 16.9 Å². The highest BCUT2D eigenvalue weighted by Gasteiger charge is 2.24. The van der Waals surface area contributed by atoms with Gasteiger partial charge in [-0.1, -0.05) is 78.0 Å². The Balaban J connectivity index is 0.000000179. The fourth-order valence-electron chi connectivity index (χ4n) is 5.42. The summed E-state index contributed by atoms with van der Waals surface area (Å²) in [5, 5.41) is 29.4. The van der Waals surface area contributed by atoms with E-state index >= 15 is 0 Å². The van der Waals surface area contributed by atoms with Crippen LogP contribution in [-0.2, 0) is 0 Å². The molecule has 1 aliphatic heterocycles. The minimum absolute atomic E-state index is 0.148. The lowest BCUT2D eigenvalue weighted by atomic mass is 9.83. The number of anilines is 2. The van der Waals surface area contributed by atoms with Gasteiger partial charge in [0.1, 0.15) is 11.5 Å². The van der Waals surface area contributed by atoms with Crippen molar-refractivity contribution >= 4 is 40.7 Å². The van der Waals surface area contributed by atoms with Crippen molar-refractivity contribution in [2.45, 2.75) is 22.1 Å². The maximum Gasteiger partial charge on any atom is 0.335 e. The zero-order valence-electron chi connectivity index (χ0n) is 25.1. The highest BCUT2D eigenvalue weighted by atomic mass is 35.5. The SMILES string of the molecule is CN(C)CCCN1c2ccccc2Sc2ccc(Cl)cc21.O=C(O)c1ccccc1C(c1ccc(O)cc1)c1ccc(O)cc1. The van der Waals surface area contributed by atoms with Crippen molar-refractivity contribution < 1.29 is 20.1 Å². The molecular formula is C37H35ClN2O4S. The number of aromatic carboxylic acids is 1. The molecule has 1 heterocycles. The molecule has 0 bridgehead atoms. The van der Waals surface area contributed by atoms with Crippen LogP contribution in [0.15, 0.2) is 125 Å². The van der Waals surface area contributed by atoms with Crippen LogP contribution >= 0.6 is 23.4 Å². The lowest BCUT2D eigenvalue weighted by Gasteiger charge is -2.33. The molecule has 0 saturated carbocycles. The maximum atomic E-state index is 11.6. The van der Waals surface area contributed by atoms with E-state index < -0.39 is 5.97 Å². The second-order valence-electron chi connectivity index (χ2n) is 11.0. The first-order valence-corrected chi connectivity index (χ1v) is 15.8. The smallest absolute Gasteiger partial charge is 0.335 e. The fraction of sp³-hybridized carbons (Fsp3) is 0.162. The molecule has 3 N–H and O–H groups in total. The number of hydrogen-bond donors (Lipinski definition) is 3. The molecule has 6 nitrogen and oxygen atoms in total. The second kappa shape index (κ2) is 14.6. The molecule has 45 heavy (non-hydrogen) atoms. The van der Waals surface area contributed by atoms with Crippen LogP contribution in [0.1, 0.15) is 39.4 Å². The number of phenolic OH excluding ortho intramolecular Hbond substituents is 2. The molecule has 0 radical (unpaired) electrons. The summed E-state index contributed by atoms with van der Waals surface area (Å²) in [6.45, 7) is 2.09. The van der Waals surface area contributed by atoms with Crippen molar-refractivity contribution in [3.63, 3.8) is 0 Å². The van der Waals surface area contributed by atoms with Crippen LogP contribution in [0.4, 0.5) is 11.4 Å². The molecule has 5 aromatic carbocycles. The zero-order chi connectivity index (χ0) is 31.9. The summed E-state index contributed by atoms with van der Waals surface area (Å²) in [5.41, 5.74) is 5.10. The molecule has 1 aliphatic rings. The van der Waals surface area contributed by atoms with E-state index in [1.165, 1.54) is 21.2 Å². The van der Waals surface area contributed by atoms with E-state index in [4.69, 9.17) is 11.6 Å². The molecule has 0 atom stereocenters. The highest BCUT2D eigenvalue weighted by molar-refractivity contribution is 7.99. The summed E-state index contributed by atoms with van der Waals surface area (Å²) < 4.78 is 0. The highest BCUT2D eigenvalue weighted by Crippen LogP contribution is 2.48. The number of aromatic hydroxyl groups is 2. The number of fused-ring (bicyclic) bond motifs is 2. The first kappa shape index (κ1) is 32.0. The molecule has 5 aromatic rings. The average molecular weight is 639 g/mol. The quantitative estimate of drug-likeness (QED) is 0.146. The predicted molar refractivity (Wildman–Crippen MR) is 183 cm³/mol. The van der Waals surface area contributed by atoms with E-state index in [-0.39, 0.29) is 23.0 Å². The number of para-hydroxylation sites is 1. The number of carboxylic acid groups (broad SMARTS) is 1. The molecule has 230 valence electrons. The Morgan fingerprint density at radius 3 is 1.98 bits per heavy atom. The van der Waals surface area contributed by atoms with Gasteiger partial charge >= 0.3 is 5.97 Å². The molecule has 0 amide bonds. The molecule has 8 heteroatoms. The van der Waals surface area contributed by atoms with Crippen LogP contribution in [0.5, 0.6) is 11.5 Å². The number of carboxylic acids is 1. The van der Waals surface area contributed by atoms with E-state index in [0.29, 0.717) is 5.56 Å². The summed E-state index contributed by atoms with van der Waals surface area (Å²) in [6.07, 6.45) is 1.12. The maximum absolute atomic E-state index is 11.6. The Hall–Kier alpha value is -4.43. The minimum Gasteiger partial charge on any atom is -0.508 e. The van der Waals surface area contributed by atoms with Crippen LogP contribution < -0.4 is 4.90 Å². The van der Waals surface area contributed by atoms with Gasteiger partial charge in [0, 0.05) is 27.3 Å². The van der Waals surface area contributed by atoms with Crippen molar-refractivity contribution in [3.8, 4) is 11.5 Å². The van der Waals surface area contributed by atoms with Gasteiger partial charge < -0.3 is 25.1 Å². The molecular weight excluding hydrogens is 604 g/mol. The topological polar surface area (TPSA) is 84.2 Å². The average Bonchev–Trinajstić information content (AvgIpc) is 3.03. The van der Waals surface area contributed by atoms with Crippen molar-refractivity contribution in [2.24, 2.45) is 0 Å². The minimum atomic E-state index is -0.992. The van der Waals surface area contributed by atoms with Crippen LogP contribution in [0.2, 0.25) is 5.02 Å². The zero-order valence-corrected chi connectivity index (χ0v) is 26.7. The van der Waals surface area contributed by atoms with Gasteiger partial charge in [0.25, 0.3) is 0 Å². The van der Waals surface area contributed by atoms with Gasteiger partial charge in [-0.15, -0.1) is 0 Å². The number of phenols is 2. The number of halogens is 1. The number of nitrogens with zero attached hydrogens (tertiary/aromatic N) is 2. The summed E-state index contributed by atoms with van der Waals surface area (Å²) in [6, 6.07) is 35.0. The lowest BCUT2D eigenvalue weighted by Crippen LogP contribution is -2.25. The number of carbonyl (C=O) groups is 1. The van der Waals surface area contributed by atoms with Crippen LogP contribution in [-0.4, -0.2) is 53.4 Å². The third-order valence-corrected chi connectivity index (χ3v) is 8.90. The van der Waals surface area contributed by atoms with Crippen LogP contribution in [0, 0.1) is 0 Å². The monoisotopic (exact) mass is 638 g/mol. The third kappa shape index (κ3) is 7.81. The van der Waals surface area contributed by atoms with Gasteiger partial charge in [-0.2, -0.15) is 0 Å². The van der Waals surface area contributed by atoms with E-state index in [9.17, 15) is 20.1 Å². The molecule has 0 saturated heterocycles. The van der Waals surface area contributed by atoms with Gasteiger partial charge in [-0.3, -0.25) is 0 Å². The second-order valence-corrected chi connectivity index (χ2v) is 12.5. The molecule has 0 fully saturated rings. The van der Waals surface area contributed by atoms with Gasteiger partial charge in [0.15, 0.2) is 0 Å². The Kier molecular flexibility index (Phi) is 10.4. The summed E-state index contributed by atoms with van der Waals surface area (Å²) in [5.74, 6) is -1.02. The normalized spacial score (nSPS) is 11.9. The third-order valence-electron chi connectivity index (χ3n) is 7.53. The van der Waals surface area contributed by atoms with Crippen LogP contribution in [0.3, 0.4) is 0 Å². The molecule has 6 rings (SSSR count). The molecule has 0 unspecified atom stereocenters. The standard InChI is InChI=1S/C20H16O4.C17H19ClN2S/c21-15-9-5-13(6-10-15)19(14-7-11-16(22)12-8-14)17-3-1-2-4-18(17)20(23)24;1-19(2)10-5-11-20-14-6-3-4-7-16(14)21-17-9-8-13(18)12-15(17)20/h1-12,19,21-22H,(H,23,24);3-4,6-9,12H,5,10-11H2,1-2H3. The number of hydrogen-bond acceptors (Lipinski definition) is 6. The Morgan fingerprint density at radius 2 is 1.36 bits per heavy atom. The number of benzene rings is 5. The van der Waals surface area contributed by atoms with Gasteiger partial charge in [0.2, 0.25) is 0 Å². The fourth-order valence-corrected chi connectivity index (χ4v) is 6.66. The summed E-state index contributed by atoms with van der Waals surface area (Å²) >= 11 is 8.03. The molecule has 0 aliphatic carbocycles. The van der Waals surface area contributed by atoms with E-state index in [1.807, 2.05) is 17.8 Å². The lowest BCUT2D eigenvalue weighted by molar-refractivity contribution is 0.0695. The van der Waals surface area contributed by atoms with Gasteiger partial charge in [-0.25, -0.2) is 4.79 Å². The van der Waals surface area contributed by atoms with Crippen molar-refractivity contribution in [2.75, 3.05) is 32.1 Å². The Labute approximate surface area is 273 Å². The first-order chi connectivity index (χ1) is 21.7. The van der Waals surface area contributed by atoms with Gasteiger partial charge in [-0.05, 0) is 104 Å². The Morgan fingerprint density at radius 1 is 0.778 bits per heavy atom. The molecule has 0 aromatic heterocycles. The van der Waals surface area contributed by atoms with E-state index in [0.717, 1.165) is 35.7 Å².